The van der Waals surface area contributed by atoms with Crippen LogP contribution in [0.5, 0.6) is 0 Å². The second kappa shape index (κ2) is 5.95. The molecular formula is C11H15FN2O2. The van der Waals surface area contributed by atoms with Gasteiger partial charge < -0.3 is 10.5 Å². The number of nitrogen functional groups attached to an aromatic ring is 1. The summed E-state index contributed by atoms with van der Waals surface area (Å²) >= 11 is 0. The summed E-state index contributed by atoms with van der Waals surface area (Å²) in [6, 6.07) is 4.05. The maximum atomic E-state index is 13.0. The third kappa shape index (κ3) is 3.76. The summed E-state index contributed by atoms with van der Waals surface area (Å²) in [4.78, 5) is 11.2. The van der Waals surface area contributed by atoms with Gasteiger partial charge in [0.05, 0.1) is 12.3 Å². The van der Waals surface area contributed by atoms with Gasteiger partial charge in [-0.1, -0.05) is 13.3 Å². The number of ether oxygens (including phenoxy) is 1. The van der Waals surface area contributed by atoms with Crippen molar-refractivity contribution in [3.63, 3.8) is 0 Å². The zero-order chi connectivity index (χ0) is 12.0. The molecule has 0 fully saturated rings. The van der Waals surface area contributed by atoms with Crippen molar-refractivity contribution < 1.29 is 13.9 Å². The molecule has 0 bridgehead atoms. The lowest BCUT2D eigenvalue weighted by Gasteiger charge is -2.07. The van der Waals surface area contributed by atoms with Gasteiger partial charge in [-0.2, -0.15) is 0 Å². The van der Waals surface area contributed by atoms with E-state index in [4.69, 9.17) is 10.5 Å². The first-order valence-electron chi connectivity index (χ1n) is 5.12. The fraction of sp³-hybridized carbons (Fsp3) is 0.364. The third-order valence-electron chi connectivity index (χ3n) is 1.98. The molecule has 0 heterocycles. The molecule has 0 saturated heterocycles. The van der Waals surface area contributed by atoms with E-state index < -0.39 is 11.9 Å². The molecule has 0 spiro atoms. The first-order valence-corrected chi connectivity index (χ1v) is 5.12. The molecule has 0 radical (unpaired) electrons. The molecule has 4 nitrogen and oxygen atoms in total. The monoisotopic (exact) mass is 226 g/mol. The summed E-state index contributed by atoms with van der Waals surface area (Å²) in [5, 5.41) is 2.41. The molecule has 1 aromatic carbocycles. The maximum Gasteiger partial charge on any atom is 0.411 e. The van der Waals surface area contributed by atoms with Crippen molar-refractivity contribution in [2.45, 2.75) is 19.8 Å². The van der Waals surface area contributed by atoms with Crippen molar-refractivity contribution in [2.75, 3.05) is 17.7 Å². The molecule has 0 atom stereocenters. The summed E-state index contributed by atoms with van der Waals surface area (Å²) in [6.07, 6.45) is 1.17. The lowest BCUT2D eigenvalue weighted by molar-refractivity contribution is 0.160. The van der Waals surface area contributed by atoms with Crippen molar-refractivity contribution in [3.05, 3.63) is 24.0 Å². The van der Waals surface area contributed by atoms with Gasteiger partial charge in [0.25, 0.3) is 0 Å². The van der Waals surface area contributed by atoms with E-state index in [2.05, 4.69) is 5.32 Å². The average Bonchev–Trinajstić information content (AvgIpc) is 2.24. The van der Waals surface area contributed by atoms with Crippen LogP contribution in [0, 0.1) is 5.82 Å². The lowest BCUT2D eigenvalue weighted by Crippen LogP contribution is -2.14. The van der Waals surface area contributed by atoms with Gasteiger partial charge in [0.1, 0.15) is 5.82 Å². The van der Waals surface area contributed by atoms with Crippen LogP contribution < -0.4 is 11.1 Å². The van der Waals surface area contributed by atoms with E-state index in [0.717, 1.165) is 18.9 Å². The molecule has 1 aromatic rings. The number of hydrogen-bond donors (Lipinski definition) is 2. The number of carbonyl (C=O) groups is 1. The van der Waals surface area contributed by atoms with E-state index >= 15 is 0 Å². The van der Waals surface area contributed by atoms with E-state index in [-0.39, 0.29) is 5.69 Å². The molecule has 0 aliphatic heterocycles. The molecule has 0 unspecified atom stereocenters. The Morgan fingerprint density at radius 2 is 2.31 bits per heavy atom. The SMILES string of the molecule is CCCCOC(=O)Nc1ccc(N)c(F)c1. The Labute approximate surface area is 93.6 Å². The van der Waals surface area contributed by atoms with Crippen LogP contribution in [0.2, 0.25) is 0 Å². The molecule has 88 valence electrons. The summed E-state index contributed by atoms with van der Waals surface area (Å²) in [6.45, 7) is 2.36. The number of halogens is 1. The second-order valence-corrected chi connectivity index (χ2v) is 3.35. The van der Waals surface area contributed by atoms with Crippen LogP contribution in [0.3, 0.4) is 0 Å². The Balaban J connectivity index is 2.46. The third-order valence-corrected chi connectivity index (χ3v) is 1.98. The first-order chi connectivity index (χ1) is 7.63. The number of benzene rings is 1. The molecule has 0 aliphatic carbocycles. The van der Waals surface area contributed by atoms with E-state index in [0.29, 0.717) is 12.3 Å². The lowest BCUT2D eigenvalue weighted by atomic mass is 10.3. The Morgan fingerprint density at radius 3 is 2.94 bits per heavy atom. The van der Waals surface area contributed by atoms with Gasteiger partial charge in [0.2, 0.25) is 0 Å². The normalized spacial score (nSPS) is 9.88. The molecule has 0 saturated carbocycles. The van der Waals surface area contributed by atoms with Gasteiger partial charge in [0, 0.05) is 5.69 Å². The van der Waals surface area contributed by atoms with Gasteiger partial charge in [-0.05, 0) is 24.6 Å². The number of nitrogens with two attached hydrogens (primary N) is 1. The van der Waals surface area contributed by atoms with Gasteiger partial charge in [-0.15, -0.1) is 0 Å². The van der Waals surface area contributed by atoms with Crippen LogP contribution in [0.25, 0.3) is 0 Å². The quantitative estimate of drug-likeness (QED) is 0.613. The number of rotatable bonds is 4. The smallest absolute Gasteiger partial charge is 0.411 e. The maximum absolute atomic E-state index is 13.0. The number of unbranched alkanes of at least 4 members (excludes halogenated alkanes) is 1. The van der Waals surface area contributed by atoms with Crippen LogP contribution in [-0.4, -0.2) is 12.7 Å². The molecule has 1 rings (SSSR count). The Morgan fingerprint density at radius 1 is 1.56 bits per heavy atom. The van der Waals surface area contributed by atoms with Gasteiger partial charge in [-0.25, -0.2) is 9.18 Å². The molecule has 1 amide bonds. The number of nitrogens with one attached hydrogen (secondary N) is 1. The van der Waals surface area contributed by atoms with Crippen molar-refractivity contribution in [2.24, 2.45) is 0 Å². The molecule has 0 aromatic heterocycles. The van der Waals surface area contributed by atoms with E-state index in [1.165, 1.54) is 12.1 Å². The molecular weight excluding hydrogens is 211 g/mol. The van der Waals surface area contributed by atoms with E-state index in [9.17, 15) is 9.18 Å². The molecule has 5 heteroatoms. The van der Waals surface area contributed by atoms with Gasteiger partial charge in [0.15, 0.2) is 0 Å². The van der Waals surface area contributed by atoms with Crippen molar-refractivity contribution in [1.29, 1.82) is 0 Å². The molecule has 3 N–H and O–H groups in total. The topological polar surface area (TPSA) is 64.3 Å². The fourth-order valence-corrected chi connectivity index (χ4v) is 1.07. The number of carbonyl (C=O) groups excluding carboxylic acids is 1. The minimum absolute atomic E-state index is 0.0462. The van der Waals surface area contributed by atoms with Crippen LogP contribution >= 0.6 is 0 Å². The molecule has 16 heavy (non-hydrogen) atoms. The zero-order valence-electron chi connectivity index (χ0n) is 9.13. The Bertz CT molecular complexity index is 369. The first kappa shape index (κ1) is 12.3. The van der Waals surface area contributed by atoms with Crippen molar-refractivity contribution in [3.8, 4) is 0 Å². The van der Waals surface area contributed by atoms with Gasteiger partial charge >= 0.3 is 6.09 Å². The predicted octanol–water partition coefficient (Wildman–Crippen LogP) is 2.76. The summed E-state index contributed by atoms with van der Waals surface area (Å²) in [7, 11) is 0. The largest absolute Gasteiger partial charge is 0.449 e. The van der Waals surface area contributed by atoms with Crippen LogP contribution in [0.15, 0.2) is 18.2 Å². The van der Waals surface area contributed by atoms with Crippen LogP contribution in [0.1, 0.15) is 19.8 Å². The average molecular weight is 226 g/mol. The van der Waals surface area contributed by atoms with Crippen LogP contribution in [-0.2, 0) is 4.74 Å². The zero-order valence-corrected chi connectivity index (χ0v) is 9.13. The minimum atomic E-state index is -0.586. The number of amides is 1. The Hall–Kier alpha value is -1.78. The summed E-state index contributed by atoms with van der Waals surface area (Å²) in [5.74, 6) is -0.564. The summed E-state index contributed by atoms with van der Waals surface area (Å²) < 4.78 is 17.9. The Kier molecular flexibility index (Phi) is 4.57. The molecule has 0 aliphatic rings. The van der Waals surface area contributed by atoms with Crippen LogP contribution in [0.4, 0.5) is 20.6 Å². The highest BCUT2D eigenvalue weighted by Gasteiger charge is 2.05. The second-order valence-electron chi connectivity index (χ2n) is 3.35. The highest BCUT2D eigenvalue weighted by molar-refractivity contribution is 5.84. The number of anilines is 2. The van der Waals surface area contributed by atoms with Crippen molar-refractivity contribution in [1.82, 2.24) is 0 Å². The fourth-order valence-electron chi connectivity index (χ4n) is 1.07. The highest BCUT2D eigenvalue weighted by atomic mass is 19.1. The van der Waals surface area contributed by atoms with E-state index in [1.54, 1.807) is 0 Å². The highest BCUT2D eigenvalue weighted by Crippen LogP contribution is 2.15. The standard InChI is InChI=1S/C11H15FN2O2/c1-2-3-6-16-11(15)14-8-4-5-10(13)9(12)7-8/h4-5,7H,2-3,6,13H2,1H3,(H,14,15). The van der Waals surface area contributed by atoms with Crippen molar-refractivity contribution >= 4 is 17.5 Å². The van der Waals surface area contributed by atoms with Gasteiger partial charge in [-0.3, -0.25) is 5.32 Å². The predicted molar refractivity (Wildman–Crippen MR) is 60.7 cm³/mol. The minimum Gasteiger partial charge on any atom is -0.449 e. The number of hydrogen-bond acceptors (Lipinski definition) is 3. The summed E-state index contributed by atoms with van der Waals surface area (Å²) in [5.41, 5.74) is 5.67. The van der Waals surface area contributed by atoms with E-state index in [1.807, 2.05) is 6.92 Å².